The summed E-state index contributed by atoms with van der Waals surface area (Å²) in [6.45, 7) is 4.26. The summed E-state index contributed by atoms with van der Waals surface area (Å²) >= 11 is 5.81. The Morgan fingerprint density at radius 2 is 2.33 bits per heavy atom. The van der Waals surface area contributed by atoms with Gasteiger partial charge in [-0.1, -0.05) is 11.6 Å². The minimum Gasteiger partial charge on any atom is -0.478 e. The molecule has 0 fully saturated rings. The van der Waals surface area contributed by atoms with Crippen molar-refractivity contribution in [2.24, 2.45) is 0 Å². The number of hydrogen-bond acceptors (Lipinski definition) is 3. The molecule has 1 aromatic heterocycles. The normalized spacial score (nSPS) is 9.92. The minimum absolute atomic E-state index is 0.492. The number of ether oxygens (including phenoxy) is 1. The van der Waals surface area contributed by atoms with Crippen molar-refractivity contribution in [2.45, 2.75) is 13.8 Å². The van der Waals surface area contributed by atoms with Gasteiger partial charge in [0.15, 0.2) is 0 Å². The van der Waals surface area contributed by atoms with Gasteiger partial charge in [-0.3, -0.25) is 0 Å². The van der Waals surface area contributed by atoms with Crippen LogP contribution in [0.3, 0.4) is 0 Å². The van der Waals surface area contributed by atoms with Gasteiger partial charge < -0.3 is 10.5 Å². The Morgan fingerprint density at radius 1 is 1.67 bits per heavy atom. The molecule has 1 aromatic rings. The Labute approximate surface area is 76.5 Å². The van der Waals surface area contributed by atoms with Gasteiger partial charge in [0.05, 0.1) is 23.0 Å². The summed E-state index contributed by atoms with van der Waals surface area (Å²) in [6.07, 6.45) is 0. The lowest BCUT2D eigenvalue weighted by Crippen LogP contribution is -1.99. The van der Waals surface area contributed by atoms with Gasteiger partial charge >= 0.3 is 0 Å². The first-order valence-corrected chi connectivity index (χ1v) is 4.08. The largest absolute Gasteiger partial charge is 0.478 e. The number of nitrogen functional groups attached to an aromatic ring is 1. The van der Waals surface area contributed by atoms with Crippen LogP contribution in [0.1, 0.15) is 12.6 Å². The zero-order chi connectivity index (χ0) is 9.14. The second-order valence-corrected chi connectivity index (χ2v) is 2.78. The lowest BCUT2D eigenvalue weighted by atomic mass is 10.3. The molecule has 0 aliphatic rings. The van der Waals surface area contributed by atoms with Gasteiger partial charge in [0.25, 0.3) is 0 Å². The van der Waals surface area contributed by atoms with Gasteiger partial charge in [-0.05, 0) is 13.8 Å². The molecule has 0 unspecified atom stereocenters. The topological polar surface area (TPSA) is 48.1 Å². The van der Waals surface area contributed by atoms with Crippen molar-refractivity contribution in [3.63, 3.8) is 0 Å². The van der Waals surface area contributed by atoms with E-state index in [1.54, 1.807) is 13.0 Å². The summed E-state index contributed by atoms with van der Waals surface area (Å²) in [7, 11) is 0. The van der Waals surface area contributed by atoms with Gasteiger partial charge in [-0.25, -0.2) is 4.98 Å². The van der Waals surface area contributed by atoms with E-state index in [9.17, 15) is 0 Å². The molecule has 0 aromatic carbocycles. The predicted molar refractivity (Wildman–Crippen MR) is 49.6 cm³/mol. The number of nitrogens with zero attached hydrogens (tertiary/aromatic N) is 1. The molecule has 0 radical (unpaired) electrons. The molecule has 3 nitrogen and oxygen atoms in total. The zero-order valence-electron chi connectivity index (χ0n) is 7.10. The molecule has 0 bridgehead atoms. The quantitative estimate of drug-likeness (QED) is 0.769. The average Bonchev–Trinajstić information content (AvgIpc) is 2.01. The smallest absolute Gasteiger partial charge is 0.215 e. The molecule has 4 heteroatoms. The van der Waals surface area contributed by atoms with Crippen LogP contribution in [0.2, 0.25) is 5.02 Å². The Hall–Kier alpha value is -0.960. The van der Waals surface area contributed by atoms with E-state index in [0.717, 1.165) is 0 Å². The molecule has 0 spiro atoms. The van der Waals surface area contributed by atoms with Crippen LogP contribution in [0.15, 0.2) is 6.07 Å². The van der Waals surface area contributed by atoms with E-state index >= 15 is 0 Å². The fourth-order valence-corrected chi connectivity index (χ4v) is 1.07. The molecule has 0 aliphatic carbocycles. The third kappa shape index (κ3) is 1.80. The Balaban J connectivity index is 3.04. The highest BCUT2D eigenvalue weighted by atomic mass is 35.5. The molecule has 0 amide bonds. The van der Waals surface area contributed by atoms with E-state index in [1.807, 2.05) is 6.92 Å². The lowest BCUT2D eigenvalue weighted by molar-refractivity contribution is 0.326. The maximum atomic E-state index is 5.81. The average molecular weight is 187 g/mol. The molecule has 0 atom stereocenters. The standard InChI is InChI=1S/C8H11ClN2O/c1-3-12-7-4-6(9)8(10)5(2)11-7/h4H,3,10H2,1-2H3. The van der Waals surface area contributed by atoms with Crippen LogP contribution in [0.5, 0.6) is 5.88 Å². The molecule has 12 heavy (non-hydrogen) atoms. The van der Waals surface area contributed by atoms with Crippen LogP contribution in [-0.2, 0) is 0 Å². The number of pyridine rings is 1. The van der Waals surface area contributed by atoms with Crippen molar-refractivity contribution >= 4 is 17.3 Å². The molecule has 0 saturated heterocycles. The second kappa shape index (κ2) is 3.63. The maximum absolute atomic E-state index is 5.81. The molecule has 66 valence electrons. The van der Waals surface area contributed by atoms with Gasteiger partial charge in [-0.2, -0.15) is 0 Å². The Kier molecular flexibility index (Phi) is 2.76. The van der Waals surface area contributed by atoms with Crippen LogP contribution in [0, 0.1) is 6.92 Å². The number of hydrogen-bond donors (Lipinski definition) is 1. The van der Waals surface area contributed by atoms with Crippen molar-refractivity contribution in [3.8, 4) is 5.88 Å². The molecular weight excluding hydrogens is 176 g/mol. The first-order valence-electron chi connectivity index (χ1n) is 3.70. The second-order valence-electron chi connectivity index (χ2n) is 2.37. The van der Waals surface area contributed by atoms with Crippen LogP contribution in [-0.4, -0.2) is 11.6 Å². The number of anilines is 1. The van der Waals surface area contributed by atoms with E-state index in [-0.39, 0.29) is 0 Å². The van der Waals surface area contributed by atoms with Crippen LogP contribution in [0.25, 0.3) is 0 Å². The van der Waals surface area contributed by atoms with Crippen molar-refractivity contribution in [1.29, 1.82) is 0 Å². The van der Waals surface area contributed by atoms with Gasteiger partial charge in [0.1, 0.15) is 0 Å². The summed E-state index contributed by atoms with van der Waals surface area (Å²) in [5, 5.41) is 0.492. The van der Waals surface area contributed by atoms with Gasteiger partial charge in [0.2, 0.25) is 5.88 Å². The van der Waals surface area contributed by atoms with Crippen molar-refractivity contribution in [3.05, 3.63) is 16.8 Å². The summed E-state index contributed by atoms with van der Waals surface area (Å²) < 4.78 is 5.17. The van der Waals surface area contributed by atoms with Crippen molar-refractivity contribution < 1.29 is 4.74 Å². The fraction of sp³-hybridized carbons (Fsp3) is 0.375. The molecule has 0 saturated carbocycles. The van der Waals surface area contributed by atoms with Crippen LogP contribution >= 0.6 is 11.6 Å². The van der Waals surface area contributed by atoms with Gasteiger partial charge in [0, 0.05) is 6.07 Å². The van der Waals surface area contributed by atoms with Crippen LogP contribution in [0.4, 0.5) is 5.69 Å². The van der Waals surface area contributed by atoms with E-state index in [0.29, 0.717) is 28.9 Å². The number of nitrogens with two attached hydrogens (primary N) is 1. The first-order chi connectivity index (χ1) is 5.65. The van der Waals surface area contributed by atoms with E-state index < -0.39 is 0 Å². The first kappa shape index (κ1) is 9.13. The minimum atomic E-state index is 0.492. The molecule has 2 N–H and O–H groups in total. The summed E-state index contributed by atoms with van der Waals surface area (Å²) in [5.41, 5.74) is 6.81. The van der Waals surface area contributed by atoms with Gasteiger partial charge in [-0.15, -0.1) is 0 Å². The maximum Gasteiger partial charge on any atom is 0.215 e. The monoisotopic (exact) mass is 186 g/mol. The number of halogens is 1. The lowest BCUT2D eigenvalue weighted by Gasteiger charge is -2.06. The molecule has 1 heterocycles. The SMILES string of the molecule is CCOc1cc(Cl)c(N)c(C)n1. The van der Waals surface area contributed by atoms with Crippen molar-refractivity contribution in [1.82, 2.24) is 4.98 Å². The number of aryl methyl sites for hydroxylation is 1. The number of rotatable bonds is 2. The highest BCUT2D eigenvalue weighted by molar-refractivity contribution is 6.33. The van der Waals surface area contributed by atoms with E-state index in [4.69, 9.17) is 22.1 Å². The summed E-state index contributed by atoms with van der Waals surface area (Å²) in [5.74, 6) is 0.522. The highest BCUT2D eigenvalue weighted by Gasteiger charge is 2.04. The number of aromatic nitrogens is 1. The van der Waals surface area contributed by atoms with Crippen molar-refractivity contribution in [2.75, 3.05) is 12.3 Å². The van der Waals surface area contributed by atoms with Crippen LogP contribution < -0.4 is 10.5 Å². The summed E-state index contributed by atoms with van der Waals surface area (Å²) in [6, 6.07) is 1.62. The molecular formula is C8H11ClN2O. The zero-order valence-corrected chi connectivity index (χ0v) is 7.85. The van der Waals surface area contributed by atoms with E-state index in [2.05, 4.69) is 4.98 Å². The van der Waals surface area contributed by atoms with E-state index in [1.165, 1.54) is 0 Å². The third-order valence-corrected chi connectivity index (χ3v) is 1.78. The molecule has 1 rings (SSSR count). The Bertz CT molecular complexity index is 265. The fourth-order valence-electron chi connectivity index (χ4n) is 0.839. The predicted octanol–water partition coefficient (Wildman–Crippen LogP) is 2.02. The third-order valence-electron chi connectivity index (χ3n) is 1.47. The summed E-state index contributed by atoms with van der Waals surface area (Å²) in [4.78, 5) is 4.09. The molecule has 0 aliphatic heterocycles. The highest BCUT2D eigenvalue weighted by Crippen LogP contribution is 2.24. The Morgan fingerprint density at radius 3 is 2.83 bits per heavy atom.